The standard InChI is InChI=1S/C12H12O4/c1-8(13)11(9(2)14)12(15)16-10-6-4-3-5-7-10/h3-7,13H,1-2H3/p-1/b11-8+. The van der Waals surface area contributed by atoms with E-state index < -0.39 is 23.1 Å². The average molecular weight is 219 g/mol. The van der Waals surface area contributed by atoms with Gasteiger partial charge in [0, 0.05) is 0 Å². The molecule has 0 unspecified atom stereocenters. The van der Waals surface area contributed by atoms with E-state index in [9.17, 15) is 14.7 Å². The number of hydrogen-bond acceptors (Lipinski definition) is 4. The molecule has 0 saturated heterocycles. The van der Waals surface area contributed by atoms with Gasteiger partial charge >= 0.3 is 5.97 Å². The Hall–Kier alpha value is -2.10. The van der Waals surface area contributed by atoms with Crippen LogP contribution in [0.2, 0.25) is 0 Å². The van der Waals surface area contributed by atoms with Crippen LogP contribution in [0.4, 0.5) is 0 Å². The van der Waals surface area contributed by atoms with Crippen molar-refractivity contribution in [1.29, 1.82) is 0 Å². The van der Waals surface area contributed by atoms with Crippen molar-refractivity contribution in [3.8, 4) is 5.75 Å². The lowest BCUT2D eigenvalue weighted by molar-refractivity contribution is -0.302. The number of Topliss-reactive ketones (excluding diaryl/α,β-unsaturated/α-hetero) is 1. The van der Waals surface area contributed by atoms with E-state index in [2.05, 4.69) is 0 Å². The van der Waals surface area contributed by atoms with E-state index in [0.717, 1.165) is 13.8 Å². The fourth-order valence-electron chi connectivity index (χ4n) is 1.18. The van der Waals surface area contributed by atoms with Crippen LogP contribution in [-0.2, 0) is 9.59 Å². The van der Waals surface area contributed by atoms with Crippen molar-refractivity contribution in [3.63, 3.8) is 0 Å². The molecule has 0 spiro atoms. The summed E-state index contributed by atoms with van der Waals surface area (Å²) < 4.78 is 4.88. The van der Waals surface area contributed by atoms with E-state index in [-0.39, 0.29) is 0 Å². The lowest BCUT2D eigenvalue weighted by atomic mass is 10.1. The maximum atomic E-state index is 11.5. The molecule has 4 nitrogen and oxygen atoms in total. The Morgan fingerprint density at radius 2 is 1.69 bits per heavy atom. The third kappa shape index (κ3) is 2.95. The SMILES string of the molecule is CC(=O)/C(C(=O)Oc1ccccc1)=C(/C)[O-]. The number of ether oxygens (including phenoxy) is 1. The van der Waals surface area contributed by atoms with Crippen LogP contribution in [-0.4, -0.2) is 11.8 Å². The van der Waals surface area contributed by atoms with Gasteiger partial charge < -0.3 is 9.84 Å². The smallest absolute Gasteiger partial charge is 0.346 e. The van der Waals surface area contributed by atoms with Gasteiger partial charge in [0.15, 0.2) is 5.78 Å². The lowest BCUT2D eigenvalue weighted by Gasteiger charge is -2.11. The summed E-state index contributed by atoms with van der Waals surface area (Å²) in [6.07, 6.45) is 0. The van der Waals surface area contributed by atoms with Gasteiger partial charge in [0.1, 0.15) is 5.75 Å². The number of carbonyl (C=O) groups is 2. The van der Waals surface area contributed by atoms with Crippen molar-refractivity contribution >= 4 is 11.8 Å². The molecule has 0 bridgehead atoms. The minimum atomic E-state index is -0.911. The van der Waals surface area contributed by atoms with E-state index in [1.807, 2.05) is 0 Å². The van der Waals surface area contributed by atoms with Crippen LogP contribution < -0.4 is 9.84 Å². The number of para-hydroxylation sites is 1. The minimum Gasteiger partial charge on any atom is -0.875 e. The fraction of sp³-hybridized carbons (Fsp3) is 0.167. The first-order valence-electron chi connectivity index (χ1n) is 4.68. The molecule has 0 radical (unpaired) electrons. The third-order valence-corrected chi connectivity index (χ3v) is 1.86. The maximum absolute atomic E-state index is 11.5. The van der Waals surface area contributed by atoms with E-state index in [1.165, 1.54) is 0 Å². The summed E-state index contributed by atoms with van der Waals surface area (Å²) in [4.78, 5) is 22.6. The number of hydrogen-bond donors (Lipinski definition) is 0. The van der Waals surface area contributed by atoms with Gasteiger partial charge in [-0.1, -0.05) is 25.1 Å². The Labute approximate surface area is 93.2 Å². The van der Waals surface area contributed by atoms with Crippen LogP contribution in [0, 0.1) is 0 Å². The van der Waals surface area contributed by atoms with Crippen LogP contribution in [0.5, 0.6) is 5.75 Å². The monoisotopic (exact) mass is 219 g/mol. The number of benzene rings is 1. The molecule has 0 aromatic heterocycles. The molecule has 0 fully saturated rings. The first-order chi connectivity index (χ1) is 7.52. The molecule has 0 saturated carbocycles. The zero-order valence-electron chi connectivity index (χ0n) is 9.02. The Bertz CT molecular complexity index is 428. The Morgan fingerprint density at radius 3 is 2.12 bits per heavy atom. The first kappa shape index (κ1) is 12.0. The molecular formula is C12H11O4-. The summed E-state index contributed by atoms with van der Waals surface area (Å²) in [5, 5.41) is 11.1. The molecular weight excluding hydrogens is 208 g/mol. The summed E-state index contributed by atoms with van der Waals surface area (Å²) in [7, 11) is 0. The molecule has 84 valence electrons. The summed E-state index contributed by atoms with van der Waals surface area (Å²) in [5.41, 5.74) is -0.441. The van der Waals surface area contributed by atoms with Crippen molar-refractivity contribution in [2.75, 3.05) is 0 Å². The highest BCUT2D eigenvalue weighted by Gasteiger charge is 2.16. The molecule has 1 rings (SSSR count). The van der Waals surface area contributed by atoms with Crippen molar-refractivity contribution < 1.29 is 19.4 Å². The molecule has 0 heterocycles. The zero-order chi connectivity index (χ0) is 12.1. The highest BCUT2D eigenvalue weighted by atomic mass is 16.5. The molecule has 0 atom stereocenters. The number of ketones is 1. The number of esters is 1. The Balaban J connectivity index is 2.88. The second-order valence-electron chi connectivity index (χ2n) is 3.19. The topological polar surface area (TPSA) is 66.4 Å². The van der Waals surface area contributed by atoms with Crippen LogP contribution in [0.3, 0.4) is 0 Å². The summed E-state index contributed by atoms with van der Waals surface area (Å²) in [5.74, 6) is -1.79. The van der Waals surface area contributed by atoms with Gasteiger partial charge in [0.05, 0.1) is 5.57 Å². The van der Waals surface area contributed by atoms with Gasteiger partial charge in [0.25, 0.3) is 0 Å². The molecule has 4 heteroatoms. The zero-order valence-corrected chi connectivity index (χ0v) is 9.02. The molecule has 1 aromatic rings. The van der Waals surface area contributed by atoms with E-state index in [0.29, 0.717) is 5.75 Å². The van der Waals surface area contributed by atoms with Gasteiger partial charge in [-0.25, -0.2) is 4.79 Å². The van der Waals surface area contributed by atoms with Gasteiger partial charge in [-0.05, 0) is 19.1 Å². The molecule has 0 aliphatic heterocycles. The minimum absolute atomic E-state index is 0.299. The normalized spacial score (nSPS) is 11.6. The first-order valence-corrected chi connectivity index (χ1v) is 4.68. The summed E-state index contributed by atoms with van der Waals surface area (Å²) in [6, 6.07) is 8.26. The van der Waals surface area contributed by atoms with E-state index >= 15 is 0 Å². The van der Waals surface area contributed by atoms with Gasteiger partial charge in [-0.2, -0.15) is 0 Å². The van der Waals surface area contributed by atoms with Crippen molar-refractivity contribution in [2.45, 2.75) is 13.8 Å². The van der Waals surface area contributed by atoms with Crippen molar-refractivity contribution in [1.82, 2.24) is 0 Å². The van der Waals surface area contributed by atoms with E-state index in [4.69, 9.17) is 4.74 Å². The predicted octanol–water partition coefficient (Wildman–Crippen LogP) is 0.815. The summed E-state index contributed by atoms with van der Waals surface area (Å²) in [6.45, 7) is 2.31. The second-order valence-corrected chi connectivity index (χ2v) is 3.19. The quantitative estimate of drug-likeness (QED) is 0.188. The molecule has 16 heavy (non-hydrogen) atoms. The maximum Gasteiger partial charge on any atom is 0.346 e. The molecule has 0 aliphatic carbocycles. The summed E-state index contributed by atoms with van der Waals surface area (Å²) >= 11 is 0. The highest BCUT2D eigenvalue weighted by molar-refractivity contribution is 6.17. The number of carbonyl (C=O) groups excluding carboxylic acids is 2. The molecule has 1 aromatic carbocycles. The van der Waals surface area contributed by atoms with Crippen LogP contribution in [0.25, 0.3) is 0 Å². The molecule has 0 aliphatic rings. The Morgan fingerprint density at radius 1 is 1.12 bits per heavy atom. The van der Waals surface area contributed by atoms with Crippen LogP contribution >= 0.6 is 0 Å². The molecule has 0 N–H and O–H groups in total. The second kappa shape index (κ2) is 5.11. The largest absolute Gasteiger partial charge is 0.875 e. The highest BCUT2D eigenvalue weighted by Crippen LogP contribution is 2.12. The number of allylic oxidation sites excluding steroid dienone is 1. The van der Waals surface area contributed by atoms with Crippen LogP contribution in [0.15, 0.2) is 41.7 Å². The van der Waals surface area contributed by atoms with Gasteiger partial charge in [-0.15, -0.1) is 5.76 Å². The number of rotatable bonds is 3. The van der Waals surface area contributed by atoms with E-state index in [1.54, 1.807) is 30.3 Å². The molecule has 0 amide bonds. The van der Waals surface area contributed by atoms with Gasteiger partial charge in [-0.3, -0.25) is 4.79 Å². The fourth-order valence-corrected chi connectivity index (χ4v) is 1.18. The van der Waals surface area contributed by atoms with Crippen molar-refractivity contribution in [2.24, 2.45) is 0 Å². The average Bonchev–Trinajstić information content (AvgIpc) is 2.17. The van der Waals surface area contributed by atoms with Gasteiger partial charge in [0.2, 0.25) is 0 Å². The predicted molar refractivity (Wildman–Crippen MR) is 55.5 cm³/mol. The third-order valence-electron chi connectivity index (χ3n) is 1.86. The lowest BCUT2D eigenvalue weighted by Crippen LogP contribution is -2.21. The Kier molecular flexibility index (Phi) is 3.83. The van der Waals surface area contributed by atoms with Crippen LogP contribution in [0.1, 0.15) is 13.8 Å². The van der Waals surface area contributed by atoms with Crippen molar-refractivity contribution in [3.05, 3.63) is 41.7 Å².